The number of hydrogen-bond acceptors (Lipinski definition) is 4. The average molecular weight is 275 g/mol. The molecule has 0 saturated carbocycles. The number of benzene rings is 1. The fourth-order valence-electron chi connectivity index (χ4n) is 1.41. The van der Waals surface area contributed by atoms with Crippen molar-refractivity contribution >= 4 is 10.0 Å². The Bertz CT molecular complexity index is 503. The molecule has 5 nitrogen and oxygen atoms in total. The predicted molar refractivity (Wildman–Crippen MR) is 67.8 cm³/mol. The van der Waals surface area contributed by atoms with E-state index in [0.717, 1.165) is 6.07 Å². The zero-order chi connectivity index (χ0) is 13.8. The first-order chi connectivity index (χ1) is 8.36. The summed E-state index contributed by atoms with van der Waals surface area (Å²) in [5, 5.41) is 4.28. The molecule has 1 aromatic rings. The molecular formula is C11H18FN3O2S. The number of sulfonamides is 1. The Hall–Kier alpha value is -1.02. The van der Waals surface area contributed by atoms with Gasteiger partial charge in [0, 0.05) is 26.2 Å². The Kier molecular flexibility index (Phi) is 5.21. The maximum Gasteiger partial charge on any atom is 0.253 e. The molecule has 0 aromatic heterocycles. The molecule has 1 aromatic carbocycles. The standard InChI is InChI=1S/C11H18FN3O2S/c1-4-13-8-9-7-10(5-6-11(9)12)18(16,17)14-15(2)3/h5-7,13-14H,4,8H2,1-3H3. The molecule has 0 saturated heterocycles. The Labute approximate surface area is 107 Å². The minimum absolute atomic E-state index is 0.0468. The molecule has 0 aliphatic heterocycles. The van der Waals surface area contributed by atoms with Gasteiger partial charge in [-0.3, -0.25) is 0 Å². The molecule has 0 aliphatic carbocycles. The van der Waals surface area contributed by atoms with Crippen molar-refractivity contribution in [3.05, 3.63) is 29.6 Å². The third kappa shape index (κ3) is 4.02. The van der Waals surface area contributed by atoms with E-state index in [1.807, 2.05) is 6.92 Å². The lowest BCUT2D eigenvalue weighted by Crippen LogP contribution is -2.36. The molecule has 102 valence electrons. The van der Waals surface area contributed by atoms with E-state index in [9.17, 15) is 12.8 Å². The fourth-order valence-corrected chi connectivity index (χ4v) is 2.54. The zero-order valence-electron chi connectivity index (χ0n) is 10.7. The van der Waals surface area contributed by atoms with Crippen LogP contribution in [-0.4, -0.2) is 34.1 Å². The molecule has 0 aliphatic rings. The Morgan fingerprint density at radius 2 is 2.00 bits per heavy atom. The third-order valence-corrected chi connectivity index (χ3v) is 3.68. The molecule has 18 heavy (non-hydrogen) atoms. The Morgan fingerprint density at radius 3 is 2.56 bits per heavy atom. The van der Waals surface area contributed by atoms with E-state index >= 15 is 0 Å². The summed E-state index contributed by atoms with van der Waals surface area (Å²) in [6, 6.07) is 3.75. The van der Waals surface area contributed by atoms with Crippen molar-refractivity contribution in [2.45, 2.75) is 18.4 Å². The monoisotopic (exact) mass is 275 g/mol. The lowest BCUT2D eigenvalue weighted by atomic mass is 10.2. The lowest BCUT2D eigenvalue weighted by molar-refractivity contribution is 0.364. The van der Waals surface area contributed by atoms with Crippen molar-refractivity contribution in [2.75, 3.05) is 20.6 Å². The van der Waals surface area contributed by atoms with E-state index in [1.54, 1.807) is 14.1 Å². The van der Waals surface area contributed by atoms with Crippen molar-refractivity contribution < 1.29 is 12.8 Å². The van der Waals surface area contributed by atoms with Crippen LogP contribution in [0.2, 0.25) is 0 Å². The van der Waals surface area contributed by atoms with Gasteiger partial charge in [-0.15, -0.1) is 4.83 Å². The van der Waals surface area contributed by atoms with Crippen LogP contribution in [0.5, 0.6) is 0 Å². The number of rotatable bonds is 6. The number of halogens is 1. The van der Waals surface area contributed by atoms with Crippen LogP contribution in [0.1, 0.15) is 12.5 Å². The van der Waals surface area contributed by atoms with Gasteiger partial charge in [-0.05, 0) is 24.7 Å². The van der Waals surface area contributed by atoms with Crippen LogP contribution in [0.3, 0.4) is 0 Å². The first-order valence-corrected chi connectivity index (χ1v) is 7.04. The fraction of sp³-hybridized carbons (Fsp3) is 0.455. The van der Waals surface area contributed by atoms with Crippen LogP contribution in [0, 0.1) is 5.82 Å². The molecule has 0 unspecified atom stereocenters. The third-order valence-electron chi connectivity index (χ3n) is 2.20. The summed E-state index contributed by atoms with van der Waals surface area (Å²) in [5.74, 6) is -0.417. The van der Waals surface area contributed by atoms with Gasteiger partial charge in [0.15, 0.2) is 0 Å². The molecular weight excluding hydrogens is 257 g/mol. The summed E-state index contributed by atoms with van der Waals surface area (Å²) in [5.41, 5.74) is 0.332. The normalized spacial score (nSPS) is 12.1. The van der Waals surface area contributed by atoms with Gasteiger partial charge < -0.3 is 5.32 Å². The van der Waals surface area contributed by atoms with Crippen molar-refractivity contribution in [2.24, 2.45) is 0 Å². The summed E-state index contributed by atoms with van der Waals surface area (Å²) in [4.78, 5) is 2.35. The molecule has 2 N–H and O–H groups in total. The van der Waals surface area contributed by atoms with Gasteiger partial charge in [0.25, 0.3) is 10.0 Å². The van der Waals surface area contributed by atoms with E-state index in [1.165, 1.54) is 17.1 Å². The SMILES string of the molecule is CCNCc1cc(S(=O)(=O)NN(C)C)ccc1F. The Balaban J connectivity index is 3.04. The van der Waals surface area contributed by atoms with Gasteiger partial charge in [0.2, 0.25) is 0 Å². The molecule has 0 amide bonds. The van der Waals surface area contributed by atoms with Gasteiger partial charge in [-0.1, -0.05) is 6.92 Å². The molecule has 0 bridgehead atoms. The topological polar surface area (TPSA) is 61.4 Å². The van der Waals surface area contributed by atoms with Gasteiger partial charge in [0.05, 0.1) is 4.90 Å². The van der Waals surface area contributed by atoms with E-state index in [-0.39, 0.29) is 4.90 Å². The van der Waals surface area contributed by atoms with Crippen LogP contribution in [0.15, 0.2) is 23.1 Å². The van der Waals surface area contributed by atoms with Crippen molar-refractivity contribution in [1.29, 1.82) is 0 Å². The molecule has 0 heterocycles. The highest BCUT2D eigenvalue weighted by Gasteiger charge is 2.16. The summed E-state index contributed by atoms with van der Waals surface area (Å²) in [7, 11) is -0.502. The summed E-state index contributed by atoms with van der Waals surface area (Å²) < 4.78 is 37.2. The van der Waals surface area contributed by atoms with E-state index in [2.05, 4.69) is 10.1 Å². The highest BCUT2D eigenvalue weighted by Crippen LogP contribution is 2.15. The lowest BCUT2D eigenvalue weighted by Gasteiger charge is -2.13. The largest absolute Gasteiger partial charge is 0.313 e. The molecule has 0 radical (unpaired) electrons. The first kappa shape index (κ1) is 15.0. The number of hydrogen-bond donors (Lipinski definition) is 2. The quantitative estimate of drug-likeness (QED) is 0.750. The second-order valence-electron chi connectivity index (χ2n) is 4.02. The number of hydrazine groups is 1. The van der Waals surface area contributed by atoms with E-state index in [0.29, 0.717) is 18.7 Å². The summed E-state index contributed by atoms with van der Waals surface area (Å²) in [6.07, 6.45) is 0. The molecule has 7 heteroatoms. The van der Waals surface area contributed by atoms with E-state index in [4.69, 9.17) is 0 Å². The van der Waals surface area contributed by atoms with Crippen molar-refractivity contribution in [3.8, 4) is 0 Å². The van der Waals surface area contributed by atoms with Crippen LogP contribution in [0.4, 0.5) is 4.39 Å². The average Bonchev–Trinajstić information content (AvgIpc) is 2.26. The number of nitrogens with zero attached hydrogens (tertiary/aromatic N) is 1. The molecule has 0 fully saturated rings. The minimum Gasteiger partial charge on any atom is -0.313 e. The first-order valence-electron chi connectivity index (χ1n) is 5.55. The van der Waals surface area contributed by atoms with Gasteiger partial charge >= 0.3 is 0 Å². The second kappa shape index (κ2) is 6.24. The highest BCUT2D eigenvalue weighted by molar-refractivity contribution is 7.89. The van der Waals surface area contributed by atoms with Crippen molar-refractivity contribution in [3.63, 3.8) is 0 Å². The van der Waals surface area contributed by atoms with Gasteiger partial charge in [0.1, 0.15) is 5.82 Å². The summed E-state index contributed by atoms with van der Waals surface area (Å²) >= 11 is 0. The molecule has 0 atom stereocenters. The maximum atomic E-state index is 13.5. The van der Waals surface area contributed by atoms with Crippen LogP contribution in [0.25, 0.3) is 0 Å². The van der Waals surface area contributed by atoms with Crippen LogP contribution < -0.4 is 10.1 Å². The second-order valence-corrected chi connectivity index (χ2v) is 5.68. The minimum atomic E-state index is -3.64. The van der Waals surface area contributed by atoms with Crippen LogP contribution in [-0.2, 0) is 16.6 Å². The Morgan fingerprint density at radius 1 is 1.33 bits per heavy atom. The molecule has 0 spiro atoms. The van der Waals surface area contributed by atoms with E-state index < -0.39 is 15.8 Å². The van der Waals surface area contributed by atoms with Crippen molar-refractivity contribution in [1.82, 2.24) is 15.2 Å². The van der Waals surface area contributed by atoms with Crippen LogP contribution >= 0.6 is 0 Å². The predicted octanol–water partition coefficient (Wildman–Crippen LogP) is 0.690. The summed E-state index contributed by atoms with van der Waals surface area (Å²) in [6.45, 7) is 2.88. The van der Waals surface area contributed by atoms with Gasteiger partial charge in [-0.25, -0.2) is 17.8 Å². The van der Waals surface area contributed by atoms with Gasteiger partial charge in [-0.2, -0.15) is 0 Å². The smallest absolute Gasteiger partial charge is 0.253 e. The highest BCUT2D eigenvalue weighted by atomic mass is 32.2. The molecule has 1 rings (SSSR count). The zero-order valence-corrected chi connectivity index (χ0v) is 11.5. The number of nitrogens with one attached hydrogen (secondary N) is 2. The maximum absolute atomic E-state index is 13.5.